The molecule has 0 bridgehead atoms. The number of benzene rings is 2. The average molecular weight is 276 g/mol. The van der Waals surface area contributed by atoms with Crippen molar-refractivity contribution >= 4 is 23.5 Å². The molecule has 19 heavy (non-hydrogen) atoms. The van der Waals surface area contributed by atoms with Crippen molar-refractivity contribution in [3.8, 4) is 11.5 Å². The first-order chi connectivity index (χ1) is 9.22. The van der Waals surface area contributed by atoms with Crippen molar-refractivity contribution in [2.24, 2.45) is 4.99 Å². The van der Waals surface area contributed by atoms with Crippen molar-refractivity contribution in [1.29, 1.82) is 0 Å². The van der Waals surface area contributed by atoms with E-state index < -0.39 is 0 Å². The normalized spacial score (nSPS) is 10.7. The van der Waals surface area contributed by atoms with Crippen molar-refractivity contribution in [3.63, 3.8) is 0 Å². The largest absolute Gasteiger partial charge is 0.493 e. The third kappa shape index (κ3) is 3.48. The zero-order chi connectivity index (χ0) is 13.7. The van der Waals surface area contributed by atoms with Crippen LogP contribution in [-0.4, -0.2) is 20.4 Å². The van der Waals surface area contributed by atoms with Gasteiger partial charge in [0.1, 0.15) is 0 Å². The van der Waals surface area contributed by atoms with Gasteiger partial charge in [0.2, 0.25) is 0 Å². The molecule has 0 aromatic heterocycles. The van der Waals surface area contributed by atoms with E-state index in [1.54, 1.807) is 20.4 Å². The van der Waals surface area contributed by atoms with Gasteiger partial charge in [-0.05, 0) is 48.0 Å². The number of nitrogens with zero attached hydrogens (tertiary/aromatic N) is 1. The second kappa shape index (κ2) is 6.25. The van der Waals surface area contributed by atoms with Crippen molar-refractivity contribution < 1.29 is 9.47 Å². The van der Waals surface area contributed by atoms with Gasteiger partial charge in [0.25, 0.3) is 0 Å². The first-order valence-corrected chi connectivity index (χ1v) is 6.12. The van der Waals surface area contributed by atoms with Gasteiger partial charge in [-0.25, -0.2) is 0 Å². The highest BCUT2D eigenvalue weighted by Crippen LogP contribution is 2.27. The summed E-state index contributed by atoms with van der Waals surface area (Å²) in [6.45, 7) is 0. The summed E-state index contributed by atoms with van der Waals surface area (Å²) in [7, 11) is 3.22. The predicted octanol–water partition coefficient (Wildman–Crippen LogP) is 4.11. The number of methoxy groups -OCH3 is 2. The van der Waals surface area contributed by atoms with Gasteiger partial charge >= 0.3 is 0 Å². The van der Waals surface area contributed by atoms with Crippen LogP contribution in [0.5, 0.6) is 11.5 Å². The van der Waals surface area contributed by atoms with Gasteiger partial charge in [-0.15, -0.1) is 0 Å². The Labute approximate surface area is 117 Å². The fourth-order valence-electron chi connectivity index (χ4n) is 1.61. The summed E-state index contributed by atoms with van der Waals surface area (Å²) in [6, 6.07) is 13.0. The van der Waals surface area contributed by atoms with Crippen molar-refractivity contribution in [1.82, 2.24) is 0 Å². The highest BCUT2D eigenvalue weighted by atomic mass is 35.5. The first kappa shape index (κ1) is 13.4. The van der Waals surface area contributed by atoms with E-state index in [4.69, 9.17) is 21.1 Å². The maximum Gasteiger partial charge on any atom is 0.161 e. The van der Waals surface area contributed by atoms with E-state index in [9.17, 15) is 0 Å². The maximum absolute atomic E-state index is 5.82. The molecule has 2 aromatic rings. The molecule has 0 fully saturated rings. The molecular formula is C15H14ClNO2. The quantitative estimate of drug-likeness (QED) is 0.786. The molecule has 2 rings (SSSR count). The van der Waals surface area contributed by atoms with Crippen LogP contribution in [0.25, 0.3) is 0 Å². The van der Waals surface area contributed by atoms with Crippen LogP contribution < -0.4 is 9.47 Å². The Hall–Kier alpha value is -2.00. The van der Waals surface area contributed by atoms with Crippen molar-refractivity contribution in [3.05, 3.63) is 53.1 Å². The number of ether oxygens (including phenoxy) is 2. The van der Waals surface area contributed by atoms with E-state index in [0.717, 1.165) is 11.3 Å². The lowest BCUT2D eigenvalue weighted by Gasteiger charge is -2.07. The lowest BCUT2D eigenvalue weighted by atomic mass is 10.2. The van der Waals surface area contributed by atoms with Gasteiger partial charge < -0.3 is 9.47 Å². The molecule has 0 atom stereocenters. The van der Waals surface area contributed by atoms with Crippen LogP contribution in [0, 0.1) is 0 Å². The third-order valence-corrected chi connectivity index (χ3v) is 2.85. The molecule has 0 unspecified atom stereocenters. The standard InChI is InChI=1S/C15H14ClNO2/c1-18-14-8-3-11(9-15(14)19-2)10-17-13-6-4-12(16)5-7-13/h3-10H,1-2H3. The van der Waals surface area contributed by atoms with E-state index in [0.29, 0.717) is 16.5 Å². The summed E-state index contributed by atoms with van der Waals surface area (Å²) in [5.41, 5.74) is 1.78. The number of hydrogen-bond donors (Lipinski definition) is 0. The third-order valence-electron chi connectivity index (χ3n) is 2.60. The first-order valence-electron chi connectivity index (χ1n) is 5.74. The molecule has 2 aromatic carbocycles. The average Bonchev–Trinajstić information content (AvgIpc) is 2.46. The smallest absolute Gasteiger partial charge is 0.161 e. The molecule has 0 saturated carbocycles. The summed E-state index contributed by atoms with van der Waals surface area (Å²) in [6.07, 6.45) is 1.77. The van der Waals surface area contributed by atoms with Crippen LogP contribution in [0.3, 0.4) is 0 Å². The summed E-state index contributed by atoms with van der Waals surface area (Å²) in [4.78, 5) is 4.37. The SMILES string of the molecule is COc1ccc(C=Nc2ccc(Cl)cc2)cc1OC. The van der Waals surface area contributed by atoms with E-state index in [1.807, 2.05) is 42.5 Å². The van der Waals surface area contributed by atoms with Gasteiger partial charge in [-0.3, -0.25) is 4.99 Å². The van der Waals surface area contributed by atoms with E-state index in [1.165, 1.54) is 0 Å². The van der Waals surface area contributed by atoms with E-state index in [2.05, 4.69) is 4.99 Å². The van der Waals surface area contributed by atoms with Crippen LogP contribution >= 0.6 is 11.6 Å². The second-order valence-corrected chi connectivity index (χ2v) is 4.29. The number of hydrogen-bond acceptors (Lipinski definition) is 3. The molecule has 0 radical (unpaired) electrons. The van der Waals surface area contributed by atoms with Crippen LogP contribution in [-0.2, 0) is 0 Å². The molecule has 0 aliphatic heterocycles. The van der Waals surface area contributed by atoms with Gasteiger partial charge in [-0.1, -0.05) is 11.6 Å². The molecule has 0 aliphatic rings. The Balaban J connectivity index is 2.21. The molecule has 0 N–H and O–H groups in total. The zero-order valence-corrected chi connectivity index (χ0v) is 11.5. The molecule has 3 nitrogen and oxygen atoms in total. The minimum atomic E-state index is 0.683. The molecule has 4 heteroatoms. The van der Waals surface area contributed by atoms with Gasteiger partial charge in [0.05, 0.1) is 19.9 Å². The van der Waals surface area contributed by atoms with Crippen LogP contribution in [0.4, 0.5) is 5.69 Å². The van der Waals surface area contributed by atoms with Crippen LogP contribution in [0.1, 0.15) is 5.56 Å². The van der Waals surface area contributed by atoms with Gasteiger partial charge in [0, 0.05) is 11.2 Å². The van der Waals surface area contributed by atoms with E-state index in [-0.39, 0.29) is 0 Å². The number of aliphatic imine (C=N–C) groups is 1. The monoisotopic (exact) mass is 275 g/mol. The molecule has 0 saturated heterocycles. The molecule has 0 amide bonds. The Morgan fingerprint density at radius 2 is 1.63 bits per heavy atom. The topological polar surface area (TPSA) is 30.8 Å². The Morgan fingerprint density at radius 3 is 2.26 bits per heavy atom. The van der Waals surface area contributed by atoms with E-state index >= 15 is 0 Å². The van der Waals surface area contributed by atoms with Crippen molar-refractivity contribution in [2.45, 2.75) is 0 Å². The summed E-state index contributed by atoms with van der Waals surface area (Å²) >= 11 is 5.82. The highest BCUT2D eigenvalue weighted by Gasteiger charge is 2.02. The van der Waals surface area contributed by atoms with Crippen LogP contribution in [0.15, 0.2) is 47.5 Å². The molecule has 0 aliphatic carbocycles. The Kier molecular flexibility index (Phi) is 4.42. The molecule has 0 spiro atoms. The summed E-state index contributed by atoms with van der Waals surface area (Å²) in [5, 5.41) is 0.699. The summed E-state index contributed by atoms with van der Waals surface area (Å²) in [5.74, 6) is 1.38. The lowest BCUT2D eigenvalue weighted by molar-refractivity contribution is 0.355. The van der Waals surface area contributed by atoms with Crippen LogP contribution in [0.2, 0.25) is 5.02 Å². The van der Waals surface area contributed by atoms with Crippen molar-refractivity contribution in [2.75, 3.05) is 14.2 Å². The zero-order valence-electron chi connectivity index (χ0n) is 10.8. The van der Waals surface area contributed by atoms with Gasteiger partial charge in [0.15, 0.2) is 11.5 Å². The fourth-order valence-corrected chi connectivity index (χ4v) is 1.74. The Bertz CT molecular complexity index is 579. The second-order valence-electron chi connectivity index (χ2n) is 3.85. The lowest BCUT2D eigenvalue weighted by Crippen LogP contribution is -1.91. The molecule has 0 heterocycles. The number of halogens is 1. The summed E-state index contributed by atoms with van der Waals surface area (Å²) < 4.78 is 10.4. The molecule has 98 valence electrons. The molecular weight excluding hydrogens is 262 g/mol. The van der Waals surface area contributed by atoms with Gasteiger partial charge in [-0.2, -0.15) is 0 Å². The number of rotatable bonds is 4. The Morgan fingerprint density at radius 1 is 0.947 bits per heavy atom. The minimum absolute atomic E-state index is 0.683. The minimum Gasteiger partial charge on any atom is -0.493 e. The maximum atomic E-state index is 5.82. The predicted molar refractivity (Wildman–Crippen MR) is 78.3 cm³/mol. The highest BCUT2D eigenvalue weighted by molar-refractivity contribution is 6.30. The fraction of sp³-hybridized carbons (Fsp3) is 0.133.